The highest BCUT2D eigenvalue weighted by atomic mass is 16.3. The van der Waals surface area contributed by atoms with Crippen molar-refractivity contribution >= 4 is 16.9 Å². The molecule has 4 nitrogen and oxygen atoms in total. The number of hydrogen-bond donors (Lipinski definition) is 1. The fourth-order valence-corrected chi connectivity index (χ4v) is 2.64. The Morgan fingerprint density at radius 3 is 2.79 bits per heavy atom. The van der Waals surface area contributed by atoms with Crippen molar-refractivity contribution in [2.24, 2.45) is 0 Å². The monoisotopic (exact) mass is 259 g/mol. The smallest absolute Gasteiger partial charge is 0.289 e. The van der Waals surface area contributed by atoms with Gasteiger partial charge in [0.1, 0.15) is 5.58 Å². The molecule has 1 aliphatic rings. The zero-order valence-corrected chi connectivity index (χ0v) is 11.1. The highest BCUT2D eigenvalue weighted by Crippen LogP contribution is 2.28. The van der Waals surface area contributed by atoms with Crippen LogP contribution in [0, 0.1) is 6.92 Å². The summed E-state index contributed by atoms with van der Waals surface area (Å²) in [5, 5.41) is 10.9. The zero-order chi connectivity index (χ0) is 13.6. The molecule has 0 spiro atoms. The number of aryl methyl sites for hydroxylation is 1. The number of rotatable bonds is 1. The van der Waals surface area contributed by atoms with Crippen molar-refractivity contribution in [3.8, 4) is 0 Å². The van der Waals surface area contributed by atoms with E-state index in [1.54, 1.807) is 11.8 Å². The number of aliphatic hydroxyl groups is 1. The summed E-state index contributed by atoms with van der Waals surface area (Å²) in [6, 6.07) is 7.63. The maximum Gasteiger partial charge on any atom is 0.289 e. The molecule has 2 heterocycles. The first kappa shape index (κ1) is 12.2. The Morgan fingerprint density at radius 2 is 2.16 bits per heavy atom. The maximum atomic E-state index is 12.4. The van der Waals surface area contributed by atoms with Crippen LogP contribution in [0.2, 0.25) is 0 Å². The van der Waals surface area contributed by atoms with Gasteiger partial charge in [-0.1, -0.05) is 18.2 Å². The molecule has 1 atom stereocenters. The summed E-state index contributed by atoms with van der Waals surface area (Å²) >= 11 is 0. The van der Waals surface area contributed by atoms with E-state index >= 15 is 0 Å². The molecular formula is C15H17NO3. The van der Waals surface area contributed by atoms with E-state index in [1.165, 1.54) is 0 Å². The lowest BCUT2D eigenvalue weighted by Crippen LogP contribution is -2.33. The zero-order valence-electron chi connectivity index (χ0n) is 11.1. The first-order chi connectivity index (χ1) is 8.98. The molecule has 3 rings (SSSR count). The Morgan fingerprint density at radius 1 is 1.42 bits per heavy atom. The second-order valence-corrected chi connectivity index (χ2v) is 5.53. The van der Waals surface area contributed by atoms with Crippen LogP contribution in [0.1, 0.15) is 29.5 Å². The third-order valence-corrected chi connectivity index (χ3v) is 3.78. The van der Waals surface area contributed by atoms with Gasteiger partial charge >= 0.3 is 0 Å². The van der Waals surface area contributed by atoms with Crippen molar-refractivity contribution in [1.82, 2.24) is 4.90 Å². The fourth-order valence-electron chi connectivity index (χ4n) is 2.64. The maximum absolute atomic E-state index is 12.4. The molecule has 1 aliphatic heterocycles. The van der Waals surface area contributed by atoms with Gasteiger partial charge in [-0.15, -0.1) is 0 Å². The Hall–Kier alpha value is -1.81. The number of likely N-dealkylation sites (tertiary alicyclic amines) is 1. The molecule has 0 aliphatic carbocycles. The molecule has 1 aromatic carbocycles. The minimum atomic E-state index is -0.782. The Kier molecular flexibility index (Phi) is 2.64. The van der Waals surface area contributed by atoms with Gasteiger partial charge in [0.2, 0.25) is 0 Å². The van der Waals surface area contributed by atoms with Crippen LogP contribution in [0.15, 0.2) is 28.7 Å². The molecular weight excluding hydrogens is 242 g/mol. The summed E-state index contributed by atoms with van der Waals surface area (Å²) in [6.07, 6.45) is 0.609. The lowest BCUT2D eigenvalue weighted by molar-refractivity contribution is 0.0555. The van der Waals surface area contributed by atoms with E-state index in [-0.39, 0.29) is 5.91 Å². The number of fused-ring (bicyclic) bond motifs is 1. The molecule has 1 unspecified atom stereocenters. The number of β-amino-alcohol motifs (C(OH)–C–C–N with tert-alkyl or cyclic N) is 1. The van der Waals surface area contributed by atoms with E-state index in [0.717, 1.165) is 16.5 Å². The second-order valence-electron chi connectivity index (χ2n) is 5.53. The van der Waals surface area contributed by atoms with E-state index < -0.39 is 5.60 Å². The van der Waals surface area contributed by atoms with Crippen molar-refractivity contribution in [3.05, 3.63) is 35.6 Å². The molecule has 0 radical (unpaired) electrons. The molecule has 1 N–H and O–H groups in total. The van der Waals surface area contributed by atoms with Gasteiger partial charge in [-0.3, -0.25) is 4.79 Å². The van der Waals surface area contributed by atoms with Crippen LogP contribution in [0.25, 0.3) is 11.0 Å². The topological polar surface area (TPSA) is 53.7 Å². The summed E-state index contributed by atoms with van der Waals surface area (Å²) in [4.78, 5) is 14.1. The van der Waals surface area contributed by atoms with Crippen molar-refractivity contribution in [2.75, 3.05) is 13.1 Å². The average molecular weight is 259 g/mol. The number of carbonyl (C=O) groups is 1. The van der Waals surface area contributed by atoms with Crippen LogP contribution in [0.5, 0.6) is 0 Å². The Labute approximate surface area is 111 Å². The fraction of sp³-hybridized carbons (Fsp3) is 0.400. The summed E-state index contributed by atoms with van der Waals surface area (Å²) in [7, 11) is 0. The molecule has 1 saturated heterocycles. The van der Waals surface area contributed by atoms with E-state index in [1.807, 2.05) is 31.2 Å². The number of carbonyl (C=O) groups excluding carboxylic acids is 1. The Balaban J connectivity index is 1.96. The standard InChI is InChI=1S/C15H17NO3/c1-10-11-5-3-4-6-12(11)19-13(10)14(17)16-8-7-15(2,18)9-16/h3-6,18H,7-9H2,1-2H3. The van der Waals surface area contributed by atoms with Gasteiger partial charge < -0.3 is 14.4 Å². The van der Waals surface area contributed by atoms with Gasteiger partial charge in [0, 0.05) is 24.0 Å². The van der Waals surface area contributed by atoms with Gasteiger partial charge in [0.25, 0.3) is 5.91 Å². The van der Waals surface area contributed by atoms with Crippen LogP contribution in [-0.2, 0) is 0 Å². The highest BCUT2D eigenvalue weighted by molar-refractivity contribution is 5.99. The molecule has 4 heteroatoms. The number of benzene rings is 1. The summed E-state index contributed by atoms with van der Waals surface area (Å²) < 4.78 is 5.67. The average Bonchev–Trinajstić information content (AvgIpc) is 2.90. The number of furan rings is 1. The van der Waals surface area contributed by atoms with Gasteiger partial charge in [-0.05, 0) is 26.3 Å². The van der Waals surface area contributed by atoms with Crippen LogP contribution in [0.4, 0.5) is 0 Å². The SMILES string of the molecule is Cc1c(C(=O)N2CCC(C)(O)C2)oc2ccccc12. The highest BCUT2D eigenvalue weighted by Gasteiger charge is 2.36. The summed E-state index contributed by atoms with van der Waals surface area (Å²) in [5.41, 5.74) is 0.816. The molecule has 19 heavy (non-hydrogen) atoms. The third kappa shape index (κ3) is 2.02. The van der Waals surface area contributed by atoms with Crippen molar-refractivity contribution in [1.29, 1.82) is 0 Å². The number of nitrogens with zero attached hydrogens (tertiary/aromatic N) is 1. The predicted molar refractivity (Wildman–Crippen MR) is 72.1 cm³/mol. The quantitative estimate of drug-likeness (QED) is 0.855. The minimum Gasteiger partial charge on any atom is -0.451 e. The van der Waals surface area contributed by atoms with E-state index in [9.17, 15) is 9.90 Å². The Bertz CT molecular complexity index is 642. The molecule has 1 aromatic heterocycles. The first-order valence-corrected chi connectivity index (χ1v) is 6.48. The molecule has 1 fully saturated rings. The van der Waals surface area contributed by atoms with Gasteiger partial charge in [-0.25, -0.2) is 0 Å². The van der Waals surface area contributed by atoms with Crippen molar-refractivity contribution in [2.45, 2.75) is 25.9 Å². The predicted octanol–water partition coefficient (Wildman–Crippen LogP) is 2.34. The van der Waals surface area contributed by atoms with Crippen LogP contribution in [0.3, 0.4) is 0 Å². The van der Waals surface area contributed by atoms with Crippen LogP contribution in [-0.4, -0.2) is 34.6 Å². The minimum absolute atomic E-state index is 0.133. The molecule has 0 bridgehead atoms. The normalized spacial score (nSPS) is 23.2. The third-order valence-electron chi connectivity index (χ3n) is 3.78. The van der Waals surface area contributed by atoms with Crippen molar-refractivity contribution < 1.29 is 14.3 Å². The van der Waals surface area contributed by atoms with Crippen LogP contribution < -0.4 is 0 Å². The lowest BCUT2D eigenvalue weighted by atomic mass is 10.1. The van der Waals surface area contributed by atoms with Crippen LogP contribution >= 0.6 is 0 Å². The molecule has 1 amide bonds. The van der Waals surface area contributed by atoms with Crippen molar-refractivity contribution in [3.63, 3.8) is 0 Å². The lowest BCUT2D eigenvalue weighted by Gasteiger charge is -2.18. The van der Waals surface area contributed by atoms with Gasteiger partial charge in [0.15, 0.2) is 5.76 Å². The summed E-state index contributed by atoms with van der Waals surface area (Å²) in [6.45, 7) is 4.59. The largest absolute Gasteiger partial charge is 0.451 e. The molecule has 2 aromatic rings. The number of amides is 1. The first-order valence-electron chi connectivity index (χ1n) is 6.48. The number of hydrogen-bond acceptors (Lipinski definition) is 3. The van der Waals surface area contributed by atoms with Gasteiger partial charge in [-0.2, -0.15) is 0 Å². The molecule has 100 valence electrons. The second kappa shape index (κ2) is 4.10. The number of para-hydroxylation sites is 1. The summed E-state index contributed by atoms with van der Waals surface area (Å²) in [5.74, 6) is 0.255. The van der Waals surface area contributed by atoms with Gasteiger partial charge in [0.05, 0.1) is 5.60 Å². The van der Waals surface area contributed by atoms with E-state index in [4.69, 9.17) is 4.42 Å². The molecule has 0 saturated carbocycles. The van der Waals surface area contributed by atoms with E-state index in [2.05, 4.69) is 0 Å². The van der Waals surface area contributed by atoms with E-state index in [0.29, 0.717) is 25.3 Å².